The summed E-state index contributed by atoms with van der Waals surface area (Å²) in [6.07, 6.45) is 1.59. The van der Waals surface area contributed by atoms with Crippen LogP contribution in [0.3, 0.4) is 0 Å². The Hall–Kier alpha value is -2.00. The second kappa shape index (κ2) is 7.35. The van der Waals surface area contributed by atoms with Gasteiger partial charge in [0.2, 0.25) is 0 Å². The lowest BCUT2D eigenvalue weighted by Gasteiger charge is -2.21. The third-order valence-electron chi connectivity index (χ3n) is 3.25. The van der Waals surface area contributed by atoms with Crippen molar-refractivity contribution in [3.05, 3.63) is 29.8 Å². The van der Waals surface area contributed by atoms with Crippen LogP contribution in [0.4, 0.5) is 0 Å². The number of hydrogen-bond acceptors (Lipinski definition) is 3. The van der Waals surface area contributed by atoms with Crippen molar-refractivity contribution < 1.29 is 4.74 Å². The first kappa shape index (κ1) is 14.1. The molecule has 0 amide bonds. The molecular formula is C15H18N2O. The van der Waals surface area contributed by atoms with Crippen LogP contribution in [-0.2, 0) is 0 Å². The van der Waals surface area contributed by atoms with E-state index in [0.717, 1.165) is 12.0 Å². The van der Waals surface area contributed by atoms with Gasteiger partial charge in [0.25, 0.3) is 0 Å². The molecular weight excluding hydrogens is 224 g/mol. The minimum Gasteiger partial charge on any atom is -0.479 e. The van der Waals surface area contributed by atoms with Crippen LogP contribution in [0.2, 0.25) is 0 Å². The summed E-state index contributed by atoms with van der Waals surface area (Å²) in [6, 6.07) is 11.9. The predicted molar refractivity (Wildman–Crippen MR) is 70.0 cm³/mol. The highest BCUT2D eigenvalue weighted by atomic mass is 16.5. The van der Waals surface area contributed by atoms with Gasteiger partial charge in [-0.15, -0.1) is 0 Å². The number of ether oxygens (including phenoxy) is 1. The van der Waals surface area contributed by atoms with Gasteiger partial charge >= 0.3 is 0 Å². The van der Waals surface area contributed by atoms with Crippen molar-refractivity contribution >= 4 is 0 Å². The standard InChI is InChI=1S/C15H18N2O/c1-3-12(2)15(8-9-16)13-4-6-14(7-5-13)18-11-10-17/h4-7,12,15H,3,8,11H2,1-2H3. The first-order valence-corrected chi connectivity index (χ1v) is 6.19. The molecule has 3 nitrogen and oxygen atoms in total. The molecule has 18 heavy (non-hydrogen) atoms. The van der Waals surface area contributed by atoms with Crippen molar-refractivity contribution in [3.8, 4) is 17.9 Å². The van der Waals surface area contributed by atoms with Gasteiger partial charge in [-0.1, -0.05) is 32.4 Å². The zero-order chi connectivity index (χ0) is 13.4. The maximum absolute atomic E-state index is 8.90. The number of nitrogens with zero attached hydrogens (tertiary/aromatic N) is 2. The van der Waals surface area contributed by atoms with E-state index in [1.165, 1.54) is 0 Å². The van der Waals surface area contributed by atoms with E-state index in [2.05, 4.69) is 19.9 Å². The molecule has 1 aromatic rings. The smallest absolute Gasteiger partial charge is 0.174 e. The van der Waals surface area contributed by atoms with E-state index in [4.69, 9.17) is 15.3 Å². The lowest BCUT2D eigenvalue weighted by atomic mass is 9.83. The van der Waals surface area contributed by atoms with Crippen LogP contribution in [0.25, 0.3) is 0 Å². The Kier molecular flexibility index (Phi) is 5.74. The Bertz CT molecular complexity index is 439. The molecule has 2 atom stereocenters. The summed E-state index contributed by atoms with van der Waals surface area (Å²) in [5.41, 5.74) is 1.16. The minimum atomic E-state index is 0.0618. The van der Waals surface area contributed by atoms with E-state index in [-0.39, 0.29) is 12.5 Å². The van der Waals surface area contributed by atoms with Gasteiger partial charge in [-0.05, 0) is 29.5 Å². The molecule has 0 aliphatic rings. The van der Waals surface area contributed by atoms with Gasteiger partial charge < -0.3 is 4.74 Å². The number of hydrogen-bond donors (Lipinski definition) is 0. The van der Waals surface area contributed by atoms with Crippen molar-refractivity contribution in [1.29, 1.82) is 10.5 Å². The lowest BCUT2D eigenvalue weighted by Crippen LogP contribution is -2.08. The van der Waals surface area contributed by atoms with Crippen LogP contribution in [0.1, 0.15) is 38.2 Å². The van der Waals surface area contributed by atoms with Gasteiger partial charge in [-0.3, -0.25) is 0 Å². The van der Waals surface area contributed by atoms with Crippen molar-refractivity contribution in [2.24, 2.45) is 5.92 Å². The fourth-order valence-electron chi connectivity index (χ4n) is 1.96. The fourth-order valence-corrected chi connectivity index (χ4v) is 1.96. The molecule has 3 heteroatoms. The van der Waals surface area contributed by atoms with E-state index < -0.39 is 0 Å². The second-order valence-electron chi connectivity index (χ2n) is 4.37. The molecule has 0 saturated carbocycles. The molecule has 94 valence electrons. The number of rotatable bonds is 6. The highest BCUT2D eigenvalue weighted by Gasteiger charge is 2.17. The first-order valence-electron chi connectivity index (χ1n) is 6.19. The summed E-state index contributed by atoms with van der Waals surface area (Å²) in [5.74, 6) is 1.45. The van der Waals surface area contributed by atoms with Crippen LogP contribution >= 0.6 is 0 Å². The Balaban J connectivity index is 2.81. The molecule has 0 saturated heterocycles. The van der Waals surface area contributed by atoms with Crippen LogP contribution in [0.15, 0.2) is 24.3 Å². The van der Waals surface area contributed by atoms with Crippen molar-refractivity contribution in [2.75, 3.05) is 6.61 Å². The normalized spacial score (nSPS) is 13.1. The number of benzene rings is 1. The summed E-state index contributed by atoms with van der Waals surface area (Å²) in [7, 11) is 0. The highest BCUT2D eigenvalue weighted by molar-refractivity contribution is 5.30. The molecule has 2 unspecified atom stereocenters. The largest absolute Gasteiger partial charge is 0.479 e. The van der Waals surface area contributed by atoms with Gasteiger partial charge in [0, 0.05) is 6.42 Å². The maximum Gasteiger partial charge on any atom is 0.174 e. The van der Waals surface area contributed by atoms with Gasteiger partial charge in [-0.25, -0.2) is 0 Å². The van der Waals surface area contributed by atoms with Crippen LogP contribution in [-0.4, -0.2) is 6.61 Å². The lowest BCUT2D eigenvalue weighted by molar-refractivity contribution is 0.367. The molecule has 0 N–H and O–H groups in total. The fraction of sp³-hybridized carbons (Fsp3) is 0.467. The molecule has 0 bridgehead atoms. The highest BCUT2D eigenvalue weighted by Crippen LogP contribution is 2.30. The average Bonchev–Trinajstić information content (AvgIpc) is 2.42. The quantitative estimate of drug-likeness (QED) is 0.765. The molecule has 0 radical (unpaired) electrons. The molecule has 1 rings (SSSR count). The van der Waals surface area contributed by atoms with E-state index in [1.54, 1.807) is 0 Å². The van der Waals surface area contributed by atoms with E-state index >= 15 is 0 Å². The third kappa shape index (κ3) is 3.79. The molecule has 0 aromatic heterocycles. The van der Waals surface area contributed by atoms with Crippen LogP contribution in [0.5, 0.6) is 5.75 Å². The molecule has 0 aliphatic heterocycles. The summed E-state index contributed by atoms with van der Waals surface area (Å²) in [6.45, 7) is 4.37. The molecule has 1 aromatic carbocycles. The van der Waals surface area contributed by atoms with Gasteiger partial charge in [0.05, 0.1) is 6.07 Å². The van der Waals surface area contributed by atoms with E-state index in [0.29, 0.717) is 18.1 Å². The van der Waals surface area contributed by atoms with Crippen molar-refractivity contribution in [1.82, 2.24) is 0 Å². The van der Waals surface area contributed by atoms with Gasteiger partial charge in [0.15, 0.2) is 6.61 Å². The summed E-state index contributed by atoms with van der Waals surface area (Å²) >= 11 is 0. The third-order valence-corrected chi connectivity index (χ3v) is 3.25. The minimum absolute atomic E-state index is 0.0618. The molecule has 0 heterocycles. The SMILES string of the molecule is CCC(C)C(CC#N)c1ccc(OCC#N)cc1. The summed E-state index contributed by atoms with van der Waals surface area (Å²) in [4.78, 5) is 0. The summed E-state index contributed by atoms with van der Waals surface area (Å²) in [5, 5.41) is 17.3. The van der Waals surface area contributed by atoms with Crippen LogP contribution in [0, 0.1) is 28.6 Å². The van der Waals surface area contributed by atoms with E-state index in [9.17, 15) is 0 Å². The topological polar surface area (TPSA) is 56.8 Å². The van der Waals surface area contributed by atoms with Gasteiger partial charge in [0.1, 0.15) is 11.8 Å². The molecule has 0 aliphatic carbocycles. The zero-order valence-corrected chi connectivity index (χ0v) is 10.9. The average molecular weight is 242 g/mol. The van der Waals surface area contributed by atoms with Crippen LogP contribution < -0.4 is 4.74 Å². The molecule has 0 fully saturated rings. The van der Waals surface area contributed by atoms with Crippen molar-refractivity contribution in [2.45, 2.75) is 32.6 Å². The number of nitriles is 2. The Morgan fingerprint density at radius 2 is 1.83 bits per heavy atom. The maximum atomic E-state index is 8.90. The van der Waals surface area contributed by atoms with Gasteiger partial charge in [-0.2, -0.15) is 10.5 Å². The Morgan fingerprint density at radius 1 is 1.17 bits per heavy atom. The predicted octanol–water partition coefficient (Wildman–Crippen LogP) is 3.63. The summed E-state index contributed by atoms with van der Waals surface area (Å²) < 4.78 is 5.21. The Labute approximate surface area is 109 Å². The first-order chi connectivity index (χ1) is 8.72. The monoisotopic (exact) mass is 242 g/mol. The zero-order valence-electron chi connectivity index (χ0n) is 10.9. The van der Waals surface area contributed by atoms with E-state index in [1.807, 2.05) is 30.3 Å². The molecule has 0 spiro atoms. The second-order valence-corrected chi connectivity index (χ2v) is 4.37. The van der Waals surface area contributed by atoms with Crippen molar-refractivity contribution in [3.63, 3.8) is 0 Å². The Morgan fingerprint density at radius 3 is 2.33 bits per heavy atom.